The van der Waals surface area contributed by atoms with Gasteiger partial charge < -0.3 is 4.74 Å². The van der Waals surface area contributed by atoms with Crippen LogP contribution in [0, 0.1) is 0 Å². The third kappa shape index (κ3) is 5.91. The Morgan fingerprint density at radius 3 is 2.40 bits per heavy atom. The zero-order valence-corrected chi connectivity index (χ0v) is 11.2. The molecule has 0 amide bonds. The summed E-state index contributed by atoms with van der Waals surface area (Å²) in [6.07, 6.45) is 2.12. The number of ether oxygens (including phenoxy) is 1. The lowest BCUT2D eigenvalue weighted by molar-refractivity contribution is -0.140. The highest BCUT2D eigenvalue weighted by atomic mass is 19.4. The summed E-state index contributed by atoms with van der Waals surface area (Å²) in [4.78, 5) is 10.8. The first-order chi connectivity index (χ1) is 9.43. The third-order valence-corrected chi connectivity index (χ3v) is 2.78. The number of allylic oxidation sites excluding steroid dienone is 1. The van der Waals surface area contributed by atoms with Gasteiger partial charge in [0.25, 0.3) is 0 Å². The van der Waals surface area contributed by atoms with E-state index in [0.717, 1.165) is 37.0 Å². The van der Waals surface area contributed by atoms with Crippen molar-refractivity contribution in [3.05, 3.63) is 41.5 Å². The molecule has 0 bridgehead atoms. The molecular formula is C15H17F3O2. The fourth-order valence-electron chi connectivity index (χ4n) is 1.64. The number of carbonyl (C=O) groups excluding carboxylic acids is 1. The van der Waals surface area contributed by atoms with Crippen LogP contribution in [0.3, 0.4) is 0 Å². The lowest BCUT2D eigenvalue weighted by Crippen LogP contribution is -2.03. The minimum absolute atomic E-state index is 0.225. The molecule has 0 spiro atoms. The number of benzene rings is 1. The van der Waals surface area contributed by atoms with Gasteiger partial charge in [0, 0.05) is 6.42 Å². The van der Waals surface area contributed by atoms with Crippen molar-refractivity contribution in [3.8, 4) is 0 Å². The van der Waals surface area contributed by atoms with Crippen LogP contribution in [-0.2, 0) is 15.7 Å². The van der Waals surface area contributed by atoms with E-state index < -0.39 is 11.7 Å². The number of hydrogen-bond acceptors (Lipinski definition) is 2. The molecule has 0 aromatic heterocycles. The van der Waals surface area contributed by atoms with Crippen LogP contribution in [0.15, 0.2) is 30.3 Å². The van der Waals surface area contributed by atoms with Crippen LogP contribution in [-0.4, -0.2) is 13.1 Å². The number of hydrogen-bond donors (Lipinski definition) is 0. The average Bonchev–Trinajstić information content (AvgIpc) is 2.41. The van der Waals surface area contributed by atoms with Crippen LogP contribution < -0.4 is 0 Å². The second-order valence-corrected chi connectivity index (χ2v) is 4.34. The molecule has 0 saturated heterocycles. The van der Waals surface area contributed by atoms with Crippen molar-refractivity contribution in [1.82, 2.24) is 0 Å². The van der Waals surface area contributed by atoms with Crippen LogP contribution in [0.1, 0.15) is 36.8 Å². The maximum atomic E-state index is 12.3. The molecule has 0 aliphatic carbocycles. The van der Waals surface area contributed by atoms with E-state index in [1.807, 2.05) is 6.08 Å². The second kappa shape index (κ2) is 7.72. The van der Waals surface area contributed by atoms with Crippen LogP contribution in [0.25, 0.3) is 6.08 Å². The monoisotopic (exact) mass is 286 g/mol. The Morgan fingerprint density at radius 2 is 1.85 bits per heavy atom. The molecule has 0 atom stereocenters. The molecular weight excluding hydrogens is 269 g/mol. The van der Waals surface area contributed by atoms with E-state index in [9.17, 15) is 18.0 Å². The maximum absolute atomic E-state index is 12.3. The Kier molecular flexibility index (Phi) is 6.28. The minimum atomic E-state index is -4.30. The van der Waals surface area contributed by atoms with Crippen LogP contribution in [0.4, 0.5) is 13.2 Å². The smallest absolute Gasteiger partial charge is 0.416 e. The van der Waals surface area contributed by atoms with Gasteiger partial charge in [-0.1, -0.05) is 24.3 Å². The van der Waals surface area contributed by atoms with Crippen molar-refractivity contribution in [2.45, 2.75) is 31.9 Å². The van der Waals surface area contributed by atoms with Gasteiger partial charge in [0.1, 0.15) is 0 Å². The van der Waals surface area contributed by atoms with Crippen molar-refractivity contribution < 1.29 is 22.7 Å². The molecule has 0 aliphatic rings. The summed E-state index contributed by atoms with van der Waals surface area (Å²) in [7, 11) is 1.35. The van der Waals surface area contributed by atoms with Gasteiger partial charge in [0.2, 0.25) is 0 Å². The largest absolute Gasteiger partial charge is 0.469 e. The zero-order valence-electron chi connectivity index (χ0n) is 11.2. The predicted molar refractivity (Wildman–Crippen MR) is 71.0 cm³/mol. The van der Waals surface area contributed by atoms with Gasteiger partial charge in [0.05, 0.1) is 12.7 Å². The van der Waals surface area contributed by atoms with Crippen LogP contribution in [0.2, 0.25) is 0 Å². The molecule has 0 N–H and O–H groups in total. The van der Waals surface area contributed by atoms with Gasteiger partial charge in [-0.15, -0.1) is 0 Å². The van der Waals surface area contributed by atoms with Crippen molar-refractivity contribution in [1.29, 1.82) is 0 Å². The lowest BCUT2D eigenvalue weighted by Gasteiger charge is -2.05. The molecule has 20 heavy (non-hydrogen) atoms. The molecule has 0 radical (unpaired) electrons. The number of unbranched alkanes of at least 4 members (excludes halogenated alkanes) is 2. The highest BCUT2D eigenvalue weighted by Gasteiger charge is 2.29. The topological polar surface area (TPSA) is 26.3 Å². The average molecular weight is 286 g/mol. The van der Waals surface area contributed by atoms with Gasteiger partial charge in [-0.2, -0.15) is 13.2 Å². The van der Waals surface area contributed by atoms with Gasteiger partial charge in [-0.25, -0.2) is 0 Å². The molecule has 110 valence electrons. The van der Waals surface area contributed by atoms with Crippen LogP contribution >= 0.6 is 0 Å². The number of carbonyl (C=O) groups is 1. The molecule has 1 aromatic carbocycles. The molecule has 0 saturated carbocycles. The van der Waals surface area contributed by atoms with Gasteiger partial charge >= 0.3 is 12.1 Å². The summed E-state index contributed by atoms with van der Waals surface area (Å²) >= 11 is 0. The van der Waals surface area contributed by atoms with E-state index in [1.54, 1.807) is 6.08 Å². The van der Waals surface area contributed by atoms with E-state index in [1.165, 1.54) is 19.2 Å². The standard InChI is InChI=1S/C15H17F3O2/c1-20-14(19)7-5-3-2-4-6-12-8-10-13(11-9-12)15(16,17)18/h4,6,8-11H,2-3,5,7H2,1H3/b6-4+. The third-order valence-electron chi connectivity index (χ3n) is 2.78. The minimum Gasteiger partial charge on any atom is -0.469 e. The van der Waals surface area contributed by atoms with E-state index in [0.29, 0.717) is 6.42 Å². The fraction of sp³-hybridized carbons (Fsp3) is 0.400. The molecule has 1 aromatic rings. The molecule has 5 heteroatoms. The molecule has 1 rings (SSSR count). The number of halogens is 3. The predicted octanol–water partition coefficient (Wildman–Crippen LogP) is 4.45. The van der Waals surface area contributed by atoms with E-state index in [-0.39, 0.29) is 5.97 Å². The van der Waals surface area contributed by atoms with E-state index >= 15 is 0 Å². The zero-order chi connectivity index (χ0) is 15.0. The maximum Gasteiger partial charge on any atom is 0.416 e. The Bertz CT molecular complexity index is 447. The fourth-order valence-corrected chi connectivity index (χ4v) is 1.64. The Hall–Kier alpha value is -1.78. The number of rotatable bonds is 6. The first kappa shape index (κ1) is 16.3. The second-order valence-electron chi connectivity index (χ2n) is 4.34. The van der Waals surface area contributed by atoms with Gasteiger partial charge in [0.15, 0.2) is 0 Å². The van der Waals surface area contributed by atoms with E-state index in [2.05, 4.69) is 4.74 Å². The van der Waals surface area contributed by atoms with Gasteiger partial charge in [-0.3, -0.25) is 4.79 Å². The lowest BCUT2D eigenvalue weighted by atomic mass is 10.1. The Balaban J connectivity index is 2.34. The number of esters is 1. The van der Waals surface area contributed by atoms with E-state index in [4.69, 9.17) is 0 Å². The SMILES string of the molecule is COC(=O)CCCC/C=C/c1ccc(C(F)(F)F)cc1. The quantitative estimate of drug-likeness (QED) is 0.570. The Morgan fingerprint density at radius 1 is 1.20 bits per heavy atom. The van der Waals surface area contributed by atoms with Crippen molar-refractivity contribution in [2.24, 2.45) is 0 Å². The number of alkyl halides is 3. The summed E-state index contributed by atoms with van der Waals surface area (Å²) in [6.45, 7) is 0. The molecule has 0 unspecified atom stereocenters. The number of methoxy groups -OCH3 is 1. The summed E-state index contributed by atoms with van der Waals surface area (Å²) in [6, 6.07) is 5.01. The summed E-state index contributed by atoms with van der Waals surface area (Å²) < 4.78 is 41.6. The van der Waals surface area contributed by atoms with Crippen LogP contribution in [0.5, 0.6) is 0 Å². The highest BCUT2D eigenvalue weighted by Crippen LogP contribution is 2.29. The molecule has 0 heterocycles. The van der Waals surface area contributed by atoms with Crippen molar-refractivity contribution in [2.75, 3.05) is 7.11 Å². The van der Waals surface area contributed by atoms with Gasteiger partial charge in [-0.05, 0) is 37.0 Å². The first-order valence-electron chi connectivity index (χ1n) is 6.34. The summed E-state index contributed by atoms with van der Waals surface area (Å²) in [5.74, 6) is -0.225. The highest BCUT2D eigenvalue weighted by molar-refractivity contribution is 5.68. The Labute approximate surface area is 116 Å². The molecule has 0 aliphatic heterocycles. The van der Waals surface area contributed by atoms with Crippen molar-refractivity contribution in [3.63, 3.8) is 0 Å². The first-order valence-corrected chi connectivity index (χ1v) is 6.34. The van der Waals surface area contributed by atoms with Crippen molar-refractivity contribution >= 4 is 12.0 Å². The molecule has 0 fully saturated rings. The summed E-state index contributed by atoms with van der Waals surface area (Å²) in [5.41, 5.74) is 0.0821. The normalized spacial score (nSPS) is 11.8. The summed E-state index contributed by atoms with van der Waals surface area (Å²) in [5, 5.41) is 0. The molecule has 2 nitrogen and oxygen atoms in total.